The number of H-pyrrole nitrogens is 1. The van der Waals surface area contributed by atoms with Crippen LogP contribution in [0.5, 0.6) is 11.5 Å². The molecule has 2 aromatic rings. The average Bonchev–Trinajstić information content (AvgIpc) is 2.83. The van der Waals surface area contributed by atoms with Crippen molar-refractivity contribution in [2.75, 3.05) is 6.61 Å². The highest BCUT2D eigenvalue weighted by atomic mass is 35.5. The smallest absolute Gasteiger partial charge is 0.216 e. The van der Waals surface area contributed by atoms with Crippen LogP contribution in [0.2, 0.25) is 5.02 Å². The molecule has 0 aliphatic rings. The second-order valence-corrected chi connectivity index (χ2v) is 5.33. The van der Waals surface area contributed by atoms with E-state index in [4.69, 9.17) is 28.6 Å². The van der Waals surface area contributed by atoms with Crippen molar-refractivity contribution < 1.29 is 9.84 Å². The zero-order chi connectivity index (χ0) is 16.1. The van der Waals surface area contributed by atoms with E-state index in [0.29, 0.717) is 22.7 Å². The number of aryl methyl sites for hydroxylation is 1. The summed E-state index contributed by atoms with van der Waals surface area (Å²) in [6.07, 6.45) is 3.30. The van der Waals surface area contributed by atoms with Gasteiger partial charge in [0.1, 0.15) is 0 Å². The number of benzene rings is 1. The van der Waals surface area contributed by atoms with Gasteiger partial charge in [-0.1, -0.05) is 18.5 Å². The summed E-state index contributed by atoms with van der Waals surface area (Å²) in [5.74, 6) is 1.01. The van der Waals surface area contributed by atoms with Crippen molar-refractivity contribution in [1.29, 1.82) is 0 Å². The fourth-order valence-corrected chi connectivity index (χ4v) is 2.30. The van der Waals surface area contributed by atoms with Gasteiger partial charge in [0.25, 0.3) is 0 Å². The third-order valence-electron chi connectivity index (χ3n) is 2.86. The molecule has 1 aromatic carbocycles. The first-order valence-electron chi connectivity index (χ1n) is 6.92. The fourth-order valence-electron chi connectivity index (χ4n) is 1.89. The minimum Gasteiger partial charge on any atom is -0.503 e. The van der Waals surface area contributed by atoms with Crippen molar-refractivity contribution in [3.8, 4) is 11.5 Å². The number of hydrogen-bond donors (Lipinski definition) is 2. The lowest BCUT2D eigenvalue weighted by Crippen LogP contribution is -1.99. The molecule has 6 nitrogen and oxygen atoms in total. The molecule has 0 spiro atoms. The van der Waals surface area contributed by atoms with E-state index in [0.717, 1.165) is 18.7 Å². The molecule has 118 valence electrons. The van der Waals surface area contributed by atoms with Crippen molar-refractivity contribution >= 4 is 30.0 Å². The molecule has 22 heavy (non-hydrogen) atoms. The molecule has 8 heteroatoms. The molecule has 0 aliphatic carbocycles. The first kappa shape index (κ1) is 16.5. The molecular weight excluding hydrogens is 324 g/mol. The van der Waals surface area contributed by atoms with Gasteiger partial charge in [0, 0.05) is 6.42 Å². The lowest BCUT2D eigenvalue weighted by atomic mass is 10.2. The average molecular weight is 341 g/mol. The number of aromatic hydroxyl groups is 1. The Hall–Kier alpha value is -1.86. The lowest BCUT2D eigenvalue weighted by Gasteiger charge is -2.08. The number of rotatable bonds is 6. The van der Waals surface area contributed by atoms with Crippen LogP contribution in [0.1, 0.15) is 31.7 Å². The molecule has 1 aromatic heterocycles. The Morgan fingerprint density at radius 1 is 1.50 bits per heavy atom. The number of nitrogens with one attached hydrogen (secondary N) is 1. The fraction of sp³-hybridized carbons (Fsp3) is 0.357. The SMILES string of the molecule is CCCc1n[nH]c(=S)n1/N=C\c1cc(Cl)c(O)c(OCC)c1. The number of aromatic nitrogens is 3. The molecule has 0 unspecified atom stereocenters. The lowest BCUT2D eigenvalue weighted by molar-refractivity contribution is 0.318. The van der Waals surface area contributed by atoms with E-state index >= 15 is 0 Å². The number of hydrogen-bond acceptors (Lipinski definition) is 5. The van der Waals surface area contributed by atoms with E-state index in [1.54, 1.807) is 23.0 Å². The van der Waals surface area contributed by atoms with Crippen LogP contribution in [0, 0.1) is 4.77 Å². The minimum absolute atomic E-state index is 0.0766. The Morgan fingerprint density at radius 3 is 2.95 bits per heavy atom. The number of halogens is 1. The van der Waals surface area contributed by atoms with Gasteiger partial charge in [0.2, 0.25) is 4.77 Å². The molecule has 0 saturated carbocycles. The molecule has 2 N–H and O–H groups in total. The largest absolute Gasteiger partial charge is 0.503 e. The van der Waals surface area contributed by atoms with Gasteiger partial charge in [-0.3, -0.25) is 5.10 Å². The maximum Gasteiger partial charge on any atom is 0.216 e. The van der Waals surface area contributed by atoms with Gasteiger partial charge in [0.15, 0.2) is 17.3 Å². The molecule has 0 amide bonds. The van der Waals surface area contributed by atoms with Crippen molar-refractivity contribution in [1.82, 2.24) is 14.9 Å². The summed E-state index contributed by atoms with van der Waals surface area (Å²) in [4.78, 5) is 0. The predicted molar refractivity (Wildman–Crippen MR) is 88.7 cm³/mol. The molecule has 0 aliphatic heterocycles. The molecule has 1 heterocycles. The van der Waals surface area contributed by atoms with Crippen LogP contribution >= 0.6 is 23.8 Å². The molecule has 0 radical (unpaired) electrons. The third kappa shape index (κ3) is 3.66. The molecule has 2 rings (SSSR count). The summed E-state index contributed by atoms with van der Waals surface area (Å²) in [7, 11) is 0. The van der Waals surface area contributed by atoms with Gasteiger partial charge in [-0.05, 0) is 43.3 Å². The van der Waals surface area contributed by atoms with Crippen LogP contribution in [-0.4, -0.2) is 32.8 Å². The van der Waals surface area contributed by atoms with E-state index in [1.807, 2.05) is 6.92 Å². The standard InChI is InChI=1S/C14H17ClN4O2S/c1-3-5-12-17-18-14(22)19(12)16-8-9-6-10(15)13(20)11(7-9)21-4-2/h6-8,20H,3-5H2,1-2H3,(H,18,22)/b16-8-. The molecule has 0 atom stereocenters. The topological polar surface area (TPSA) is 75.4 Å². The monoisotopic (exact) mass is 340 g/mol. The summed E-state index contributed by atoms with van der Waals surface area (Å²) in [6.45, 7) is 4.31. The van der Waals surface area contributed by atoms with Crippen molar-refractivity contribution in [3.63, 3.8) is 0 Å². The zero-order valence-corrected chi connectivity index (χ0v) is 13.9. The number of aromatic amines is 1. The van der Waals surface area contributed by atoms with E-state index in [2.05, 4.69) is 22.2 Å². The van der Waals surface area contributed by atoms with Crippen LogP contribution in [-0.2, 0) is 6.42 Å². The number of phenols is 1. The van der Waals surface area contributed by atoms with Crippen molar-refractivity contribution in [2.24, 2.45) is 5.10 Å². The van der Waals surface area contributed by atoms with Gasteiger partial charge in [0.05, 0.1) is 17.8 Å². The van der Waals surface area contributed by atoms with Gasteiger partial charge >= 0.3 is 0 Å². The number of phenolic OH excluding ortho intramolecular Hbond substituents is 1. The van der Waals surface area contributed by atoms with E-state index < -0.39 is 0 Å². The highest BCUT2D eigenvalue weighted by molar-refractivity contribution is 7.71. The van der Waals surface area contributed by atoms with Gasteiger partial charge in [-0.15, -0.1) is 0 Å². The first-order valence-corrected chi connectivity index (χ1v) is 7.71. The second-order valence-electron chi connectivity index (χ2n) is 4.53. The number of ether oxygens (including phenoxy) is 1. The minimum atomic E-state index is -0.0766. The van der Waals surface area contributed by atoms with Crippen LogP contribution in [0.15, 0.2) is 17.2 Å². The van der Waals surface area contributed by atoms with E-state index in [-0.39, 0.29) is 10.8 Å². The Balaban J connectivity index is 2.34. The highest BCUT2D eigenvalue weighted by Crippen LogP contribution is 2.34. The summed E-state index contributed by atoms with van der Waals surface area (Å²) in [5, 5.41) is 21.2. The van der Waals surface area contributed by atoms with Crippen LogP contribution in [0.3, 0.4) is 0 Å². The Bertz CT molecular complexity index is 739. The Kier molecular flexibility index (Phi) is 5.57. The van der Waals surface area contributed by atoms with Crippen LogP contribution < -0.4 is 4.74 Å². The Labute approximate surface area is 138 Å². The maximum atomic E-state index is 9.83. The number of nitrogens with zero attached hydrogens (tertiary/aromatic N) is 3. The first-order chi connectivity index (χ1) is 10.6. The Morgan fingerprint density at radius 2 is 2.27 bits per heavy atom. The highest BCUT2D eigenvalue weighted by Gasteiger charge is 2.09. The van der Waals surface area contributed by atoms with E-state index in [1.165, 1.54) is 0 Å². The third-order valence-corrected chi connectivity index (χ3v) is 3.42. The second kappa shape index (κ2) is 7.42. The zero-order valence-electron chi connectivity index (χ0n) is 12.3. The quantitative estimate of drug-likeness (QED) is 0.623. The summed E-state index contributed by atoms with van der Waals surface area (Å²) in [6, 6.07) is 3.27. The molecular formula is C14H17ClN4O2S. The molecule has 0 saturated heterocycles. The van der Waals surface area contributed by atoms with Gasteiger partial charge in [-0.25, -0.2) is 0 Å². The van der Waals surface area contributed by atoms with Crippen molar-refractivity contribution in [3.05, 3.63) is 33.3 Å². The van der Waals surface area contributed by atoms with Crippen LogP contribution in [0.4, 0.5) is 0 Å². The molecule has 0 bridgehead atoms. The van der Waals surface area contributed by atoms with Gasteiger partial charge in [-0.2, -0.15) is 14.9 Å². The van der Waals surface area contributed by atoms with Gasteiger partial charge < -0.3 is 9.84 Å². The summed E-state index contributed by atoms with van der Waals surface area (Å²) < 4.78 is 7.33. The molecule has 0 fully saturated rings. The van der Waals surface area contributed by atoms with E-state index in [9.17, 15) is 5.11 Å². The predicted octanol–water partition coefficient (Wildman–Crippen LogP) is 3.53. The summed E-state index contributed by atoms with van der Waals surface area (Å²) >= 11 is 11.1. The van der Waals surface area contributed by atoms with Crippen LogP contribution in [0.25, 0.3) is 0 Å². The normalized spacial score (nSPS) is 11.2. The van der Waals surface area contributed by atoms with Crippen molar-refractivity contribution in [2.45, 2.75) is 26.7 Å². The summed E-state index contributed by atoms with van der Waals surface area (Å²) in [5.41, 5.74) is 0.691. The maximum absolute atomic E-state index is 9.83.